The molecule has 83 heavy (non-hydrogen) atoms. The summed E-state index contributed by atoms with van der Waals surface area (Å²) in [4.78, 5) is 13.5. The summed E-state index contributed by atoms with van der Waals surface area (Å²) >= 11 is 0. The van der Waals surface area contributed by atoms with Gasteiger partial charge in [-0.1, -0.05) is 97.1 Å². The number of ether oxygens (including phenoxy) is 4. The number of cyclic esters (lactones) is 1. The van der Waals surface area contributed by atoms with E-state index in [1.165, 1.54) is 39.0 Å². The molecule has 3 rings (SSSR count). The van der Waals surface area contributed by atoms with Gasteiger partial charge in [-0.15, -0.1) is 0 Å². The molecule has 22 nitrogen and oxygen atoms in total. The molecule has 0 aromatic carbocycles. The summed E-state index contributed by atoms with van der Waals surface area (Å²) < 4.78 is 23.1. The van der Waals surface area contributed by atoms with E-state index in [0.29, 0.717) is 44.1 Å². The van der Waals surface area contributed by atoms with Gasteiger partial charge in [0.15, 0.2) is 12.6 Å². The minimum Gasteiger partial charge on any atom is -0.458 e. The number of allylic oxidation sites excluding steroid dienone is 2. The van der Waals surface area contributed by atoms with Gasteiger partial charge in [0, 0.05) is 66.8 Å². The minimum absolute atomic E-state index is 0.148. The van der Waals surface area contributed by atoms with Crippen molar-refractivity contribution in [3.05, 3.63) is 59.8 Å². The van der Waals surface area contributed by atoms with Crippen LogP contribution in [-0.4, -0.2) is 228 Å². The molecule has 3 heterocycles. The summed E-state index contributed by atoms with van der Waals surface area (Å²) in [5, 5.41) is 185. The Morgan fingerprint density at radius 1 is 0.566 bits per heavy atom. The Balaban J connectivity index is 1.88. The van der Waals surface area contributed by atoms with Crippen molar-refractivity contribution >= 4 is 5.97 Å². The first-order valence-electron chi connectivity index (χ1n) is 29.9. The lowest BCUT2D eigenvalue weighted by Gasteiger charge is -2.41. The number of carbonyl (C=O) groups is 1. The van der Waals surface area contributed by atoms with Gasteiger partial charge in [-0.2, -0.15) is 0 Å². The van der Waals surface area contributed by atoms with E-state index < -0.39 is 184 Å². The van der Waals surface area contributed by atoms with Crippen LogP contribution >= 0.6 is 0 Å². The van der Waals surface area contributed by atoms with Gasteiger partial charge in [-0.25, -0.2) is 4.79 Å². The Labute approximate surface area is 490 Å². The molecule has 0 amide bonds. The highest BCUT2D eigenvalue weighted by atomic mass is 16.7. The molecule has 3 aliphatic heterocycles. The summed E-state index contributed by atoms with van der Waals surface area (Å²) in [7, 11) is 0. The lowest BCUT2D eigenvalue weighted by atomic mass is 9.82. The molecule has 0 aliphatic carbocycles. The van der Waals surface area contributed by atoms with Crippen LogP contribution in [0.2, 0.25) is 0 Å². The highest BCUT2D eigenvalue weighted by molar-refractivity contribution is 5.87. The molecule has 17 N–H and O–H groups in total. The molecular formula is C61H106O22. The fourth-order valence-corrected chi connectivity index (χ4v) is 11.0. The topological polar surface area (TPSA) is 398 Å². The van der Waals surface area contributed by atoms with E-state index in [-0.39, 0.29) is 43.1 Å². The van der Waals surface area contributed by atoms with Crippen LogP contribution in [0.15, 0.2) is 59.8 Å². The quantitative estimate of drug-likeness (QED) is 0.134. The molecule has 482 valence electrons. The molecule has 0 radical (unpaired) electrons. The molecule has 0 saturated carbocycles. The molecule has 0 bridgehead atoms. The van der Waals surface area contributed by atoms with Gasteiger partial charge in [0.05, 0.1) is 86.0 Å². The molecule has 0 aromatic heterocycles. The van der Waals surface area contributed by atoms with Crippen LogP contribution in [0.25, 0.3) is 0 Å². The SMILES string of the molecule is C/C1=C\CCC(C)C(O)C(C)C(O)CC/C=C/C(C)C(O)/C=C/C(C)C(O)/C(C)=C/C(O[C@H]2O[C@H](CO)[C@@H](O)[C@H](O)[C@@H]2O)C(O)CC(O)CC(O)CC(O)C(C)C(O)C(C)C(O)CC(O)CC(O)/C=C/CC(C(C)C2CCC(O)O2)OC1=O. The largest absolute Gasteiger partial charge is 0.458 e. The molecule has 2 saturated heterocycles. The zero-order valence-electron chi connectivity index (χ0n) is 50.1. The number of carbonyl (C=O) groups excluding carboxylic acids is 1. The van der Waals surface area contributed by atoms with Gasteiger partial charge < -0.3 is 106 Å². The van der Waals surface area contributed by atoms with Crippen LogP contribution in [0.4, 0.5) is 0 Å². The first kappa shape index (κ1) is 74.6. The van der Waals surface area contributed by atoms with Crippen LogP contribution < -0.4 is 0 Å². The van der Waals surface area contributed by atoms with Gasteiger partial charge in [0.25, 0.3) is 0 Å². The monoisotopic (exact) mass is 1190 g/mol. The summed E-state index contributed by atoms with van der Waals surface area (Å²) in [6, 6.07) is 0. The molecule has 22 heteroatoms. The molecular weight excluding hydrogens is 1080 g/mol. The second kappa shape index (κ2) is 36.6. The van der Waals surface area contributed by atoms with Crippen molar-refractivity contribution < 1.29 is 111 Å². The first-order valence-corrected chi connectivity index (χ1v) is 29.9. The predicted molar refractivity (Wildman–Crippen MR) is 306 cm³/mol. The normalized spacial score (nSPS) is 46.5. The molecule has 28 atom stereocenters. The van der Waals surface area contributed by atoms with Gasteiger partial charge in [-0.05, 0) is 76.7 Å². The highest BCUT2D eigenvalue weighted by Crippen LogP contribution is 2.32. The lowest BCUT2D eigenvalue weighted by Crippen LogP contribution is -2.60. The Morgan fingerprint density at radius 3 is 1.75 bits per heavy atom. The average Bonchev–Trinajstić information content (AvgIpc) is 4.00. The third-order valence-electron chi connectivity index (χ3n) is 17.3. The van der Waals surface area contributed by atoms with Gasteiger partial charge in [0.2, 0.25) is 0 Å². The second-order valence-corrected chi connectivity index (χ2v) is 24.4. The van der Waals surface area contributed by atoms with E-state index >= 15 is 0 Å². The van der Waals surface area contributed by atoms with Crippen molar-refractivity contribution in [2.45, 2.75) is 268 Å². The molecule has 0 aromatic rings. The Morgan fingerprint density at radius 2 is 1.16 bits per heavy atom. The number of esters is 1. The fraction of sp³-hybridized carbons (Fsp3) is 0.820. The molecule has 3 aliphatic rings. The standard InChI is InChI=1S/C61H106O22/c1-31-14-10-11-18-45(68)36(6)55(74)32(2)15-12-16-34(4)60(79)81-49(39(9)50-22-23-53(72)80-50)19-13-17-40(63)25-41(64)27-46(69)37(7)56(75)38(8)47(70)28-42(65)26-43(66)29-48(71)51(24-35(5)54(73)33(3)20-21-44(31)67)82-61-59(78)58(77)57(76)52(30-62)83-61/h10,13-14,16-17,20-21,24,31-33,36-59,61-78H,11-12,15,18-19,22-23,25-30H2,1-9H3/b14-10+,17-13+,21-20+,34-16+,35-24+/t31?,32?,33?,36?,37?,38?,39?,40?,41?,42?,43?,44?,45?,46?,47?,48?,49?,50?,51?,52-,53?,54?,55?,56?,57-,58+,59+,61+/m1/s1. The van der Waals surface area contributed by atoms with Crippen molar-refractivity contribution in [2.75, 3.05) is 6.61 Å². The third-order valence-corrected chi connectivity index (χ3v) is 17.3. The maximum absolute atomic E-state index is 13.5. The summed E-state index contributed by atoms with van der Waals surface area (Å²) in [6.45, 7) is 14.3. The maximum Gasteiger partial charge on any atom is 0.333 e. The lowest BCUT2D eigenvalue weighted by molar-refractivity contribution is -0.313. The summed E-state index contributed by atoms with van der Waals surface area (Å²) in [6.07, 6.45) is -13.3. The number of rotatable bonds is 5. The maximum atomic E-state index is 13.5. The predicted octanol–water partition coefficient (Wildman–Crippen LogP) is 0.840. The number of hydrogen-bond acceptors (Lipinski definition) is 22. The van der Waals surface area contributed by atoms with Crippen molar-refractivity contribution in [2.24, 2.45) is 41.4 Å². The van der Waals surface area contributed by atoms with E-state index in [1.807, 2.05) is 19.9 Å². The van der Waals surface area contributed by atoms with Gasteiger partial charge in [-0.3, -0.25) is 0 Å². The average molecular weight is 1190 g/mol. The number of aliphatic hydroxyl groups is 17. The fourth-order valence-electron chi connectivity index (χ4n) is 11.0. The summed E-state index contributed by atoms with van der Waals surface area (Å²) in [5.74, 6) is -4.60. The van der Waals surface area contributed by atoms with Gasteiger partial charge in [0.1, 0.15) is 36.6 Å². The highest BCUT2D eigenvalue weighted by Gasteiger charge is 2.46. The van der Waals surface area contributed by atoms with Crippen LogP contribution in [0.3, 0.4) is 0 Å². The first-order chi connectivity index (χ1) is 38.9. The third kappa shape index (κ3) is 24.1. The Hall–Kier alpha value is -2.63. The van der Waals surface area contributed by atoms with Crippen LogP contribution in [0, 0.1) is 41.4 Å². The van der Waals surface area contributed by atoms with Crippen molar-refractivity contribution in [1.29, 1.82) is 0 Å². The zero-order chi connectivity index (χ0) is 62.6. The summed E-state index contributed by atoms with van der Waals surface area (Å²) in [5.41, 5.74) is 0.559. The van der Waals surface area contributed by atoms with Crippen LogP contribution in [0.1, 0.15) is 139 Å². The number of hydrogen-bond donors (Lipinski definition) is 17. The van der Waals surface area contributed by atoms with E-state index in [1.54, 1.807) is 52.0 Å². The van der Waals surface area contributed by atoms with E-state index in [4.69, 9.17) is 18.9 Å². The van der Waals surface area contributed by atoms with Crippen molar-refractivity contribution in [3.63, 3.8) is 0 Å². The van der Waals surface area contributed by atoms with Crippen molar-refractivity contribution in [3.8, 4) is 0 Å². The van der Waals surface area contributed by atoms with E-state index in [9.17, 15) is 91.6 Å². The number of aliphatic hydroxyl groups excluding tert-OH is 17. The Bertz CT molecular complexity index is 2000. The second-order valence-electron chi connectivity index (χ2n) is 24.4. The van der Waals surface area contributed by atoms with Crippen molar-refractivity contribution in [1.82, 2.24) is 0 Å². The van der Waals surface area contributed by atoms with Gasteiger partial charge >= 0.3 is 5.97 Å². The smallest absolute Gasteiger partial charge is 0.333 e. The van der Waals surface area contributed by atoms with E-state index in [0.717, 1.165) is 0 Å². The molecule has 0 spiro atoms. The zero-order valence-corrected chi connectivity index (χ0v) is 50.1. The van der Waals surface area contributed by atoms with Crippen LogP contribution in [0.5, 0.6) is 0 Å². The van der Waals surface area contributed by atoms with E-state index in [2.05, 4.69) is 0 Å². The Kier molecular flexibility index (Phi) is 32.9. The molecule has 2 fully saturated rings. The molecule has 23 unspecified atom stereocenters. The van der Waals surface area contributed by atoms with Crippen LogP contribution in [-0.2, 0) is 23.7 Å². The minimum atomic E-state index is -1.88.